The van der Waals surface area contributed by atoms with Gasteiger partial charge in [0.2, 0.25) is 0 Å². The van der Waals surface area contributed by atoms with Crippen molar-refractivity contribution in [3.05, 3.63) is 17.5 Å². The molecule has 1 atom stereocenters. The molecule has 1 aliphatic carbocycles. The first-order valence-corrected chi connectivity index (χ1v) is 6.08. The van der Waals surface area contributed by atoms with Gasteiger partial charge >= 0.3 is 0 Å². The molecular formula is C12H21N3. The van der Waals surface area contributed by atoms with Crippen molar-refractivity contribution >= 4 is 0 Å². The number of hydrogen-bond donors (Lipinski definition) is 1. The minimum atomic E-state index is 0.521. The summed E-state index contributed by atoms with van der Waals surface area (Å²) in [6, 6.07) is 0.521. The summed E-state index contributed by atoms with van der Waals surface area (Å²) >= 11 is 0. The SMILES string of the molecule is CCCn1ncc2c1CCCCC2NC. The highest BCUT2D eigenvalue weighted by atomic mass is 15.3. The summed E-state index contributed by atoms with van der Waals surface area (Å²) in [7, 11) is 2.05. The van der Waals surface area contributed by atoms with Crippen LogP contribution in [-0.2, 0) is 13.0 Å². The van der Waals surface area contributed by atoms with Gasteiger partial charge in [0.1, 0.15) is 0 Å². The summed E-state index contributed by atoms with van der Waals surface area (Å²) < 4.78 is 2.20. The summed E-state index contributed by atoms with van der Waals surface area (Å²) in [5.41, 5.74) is 2.90. The van der Waals surface area contributed by atoms with E-state index in [1.807, 2.05) is 0 Å². The third-order valence-electron chi connectivity index (χ3n) is 3.30. The molecule has 15 heavy (non-hydrogen) atoms. The fourth-order valence-electron chi connectivity index (χ4n) is 2.49. The number of fused-ring (bicyclic) bond motifs is 1. The molecule has 1 aliphatic rings. The second-order valence-electron chi connectivity index (χ2n) is 4.36. The van der Waals surface area contributed by atoms with Crippen molar-refractivity contribution in [2.24, 2.45) is 0 Å². The predicted molar refractivity (Wildman–Crippen MR) is 61.9 cm³/mol. The molecule has 0 aliphatic heterocycles. The third kappa shape index (κ3) is 2.07. The lowest BCUT2D eigenvalue weighted by Gasteiger charge is -2.13. The van der Waals surface area contributed by atoms with E-state index in [0.29, 0.717) is 6.04 Å². The van der Waals surface area contributed by atoms with Gasteiger partial charge in [-0.05, 0) is 32.7 Å². The number of aromatic nitrogens is 2. The Morgan fingerprint density at radius 1 is 1.53 bits per heavy atom. The molecule has 0 aromatic carbocycles. The second kappa shape index (κ2) is 4.79. The van der Waals surface area contributed by atoms with Gasteiger partial charge in [0.25, 0.3) is 0 Å². The molecule has 1 N–H and O–H groups in total. The van der Waals surface area contributed by atoms with E-state index < -0.39 is 0 Å². The Morgan fingerprint density at radius 2 is 2.40 bits per heavy atom. The third-order valence-corrected chi connectivity index (χ3v) is 3.30. The van der Waals surface area contributed by atoms with E-state index in [4.69, 9.17) is 0 Å². The van der Waals surface area contributed by atoms with Gasteiger partial charge in [-0.2, -0.15) is 5.10 Å². The van der Waals surface area contributed by atoms with E-state index in [2.05, 4.69) is 35.3 Å². The first kappa shape index (κ1) is 10.7. The van der Waals surface area contributed by atoms with Gasteiger partial charge in [-0.15, -0.1) is 0 Å². The van der Waals surface area contributed by atoms with Crippen LogP contribution in [0.15, 0.2) is 6.20 Å². The van der Waals surface area contributed by atoms with Crippen molar-refractivity contribution in [3.8, 4) is 0 Å². The molecule has 0 radical (unpaired) electrons. The Bertz CT molecular complexity index is 317. The van der Waals surface area contributed by atoms with Gasteiger partial charge in [0.15, 0.2) is 0 Å². The van der Waals surface area contributed by atoms with Crippen molar-refractivity contribution in [1.29, 1.82) is 0 Å². The highest BCUT2D eigenvalue weighted by molar-refractivity contribution is 5.23. The van der Waals surface area contributed by atoms with E-state index in [1.165, 1.54) is 43.4 Å². The zero-order chi connectivity index (χ0) is 10.7. The normalized spacial score (nSPS) is 21.1. The Balaban J connectivity index is 2.29. The van der Waals surface area contributed by atoms with Gasteiger partial charge in [0.05, 0.1) is 6.20 Å². The zero-order valence-electron chi connectivity index (χ0n) is 9.79. The van der Waals surface area contributed by atoms with Crippen molar-refractivity contribution in [3.63, 3.8) is 0 Å². The fraction of sp³-hybridized carbons (Fsp3) is 0.750. The van der Waals surface area contributed by atoms with Crippen LogP contribution in [0.25, 0.3) is 0 Å². The predicted octanol–water partition coefficient (Wildman–Crippen LogP) is 2.28. The van der Waals surface area contributed by atoms with E-state index >= 15 is 0 Å². The molecule has 3 heteroatoms. The van der Waals surface area contributed by atoms with Crippen LogP contribution in [0.4, 0.5) is 0 Å². The first-order chi connectivity index (χ1) is 7.36. The van der Waals surface area contributed by atoms with Crippen molar-refractivity contribution in [2.45, 2.75) is 51.6 Å². The number of rotatable bonds is 3. The zero-order valence-corrected chi connectivity index (χ0v) is 9.79. The molecule has 0 spiro atoms. The maximum absolute atomic E-state index is 4.50. The molecule has 1 unspecified atom stereocenters. The summed E-state index contributed by atoms with van der Waals surface area (Å²) in [4.78, 5) is 0. The number of aryl methyl sites for hydroxylation is 1. The molecule has 0 bridgehead atoms. The van der Waals surface area contributed by atoms with Crippen LogP contribution in [0.5, 0.6) is 0 Å². The minimum Gasteiger partial charge on any atom is -0.313 e. The molecule has 2 rings (SSSR count). The summed E-state index contributed by atoms with van der Waals surface area (Å²) in [6.45, 7) is 3.27. The molecule has 1 heterocycles. The van der Waals surface area contributed by atoms with E-state index in [-0.39, 0.29) is 0 Å². The van der Waals surface area contributed by atoms with E-state index in [1.54, 1.807) is 0 Å². The maximum Gasteiger partial charge on any atom is 0.0540 e. The highest BCUT2D eigenvalue weighted by Gasteiger charge is 2.20. The second-order valence-corrected chi connectivity index (χ2v) is 4.36. The summed E-state index contributed by atoms with van der Waals surface area (Å²) in [6.07, 6.45) is 8.32. The van der Waals surface area contributed by atoms with E-state index in [0.717, 1.165) is 6.54 Å². The Hall–Kier alpha value is -0.830. The van der Waals surface area contributed by atoms with Crippen molar-refractivity contribution in [2.75, 3.05) is 7.05 Å². The lowest BCUT2D eigenvalue weighted by atomic mass is 10.1. The molecule has 0 amide bonds. The van der Waals surface area contributed by atoms with Gasteiger partial charge in [-0.25, -0.2) is 0 Å². The van der Waals surface area contributed by atoms with Crippen molar-refractivity contribution in [1.82, 2.24) is 15.1 Å². The molecule has 0 fully saturated rings. The van der Waals surface area contributed by atoms with Crippen LogP contribution in [0, 0.1) is 0 Å². The molecule has 0 saturated carbocycles. The number of hydrogen-bond acceptors (Lipinski definition) is 2. The number of nitrogens with one attached hydrogen (secondary N) is 1. The number of nitrogens with zero attached hydrogens (tertiary/aromatic N) is 2. The van der Waals surface area contributed by atoms with Crippen LogP contribution in [0.3, 0.4) is 0 Å². The lowest BCUT2D eigenvalue weighted by molar-refractivity contribution is 0.532. The maximum atomic E-state index is 4.50. The minimum absolute atomic E-state index is 0.521. The van der Waals surface area contributed by atoms with Crippen LogP contribution >= 0.6 is 0 Å². The highest BCUT2D eigenvalue weighted by Crippen LogP contribution is 2.28. The average Bonchev–Trinajstić information content (AvgIpc) is 2.53. The van der Waals surface area contributed by atoms with Gasteiger partial charge in [0, 0.05) is 23.8 Å². The van der Waals surface area contributed by atoms with Gasteiger partial charge in [-0.1, -0.05) is 13.3 Å². The van der Waals surface area contributed by atoms with Gasteiger partial charge < -0.3 is 5.32 Å². The van der Waals surface area contributed by atoms with Crippen LogP contribution in [0.1, 0.15) is 49.9 Å². The van der Waals surface area contributed by atoms with E-state index in [9.17, 15) is 0 Å². The first-order valence-electron chi connectivity index (χ1n) is 6.08. The topological polar surface area (TPSA) is 29.9 Å². The Morgan fingerprint density at radius 3 is 3.13 bits per heavy atom. The largest absolute Gasteiger partial charge is 0.313 e. The van der Waals surface area contributed by atoms with Gasteiger partial charge in [-0.3, -0.25) is 4.68 Å². The van der Waals surface area contributed by atoms with Crippen molar-refractivity contribution < 1.29 is 0 Å². The quantitative estimate of drug-likeness (QED) is 0.771. The summed E-state index contributed by atoms with van der Waals surface area (Å²) in [5.74, 6) is 0. The fourth-order valence-corrected chi connectivity index (χ4v) is 2.49. The summed E-state index contributed by atoms with van der Waals surface area (Å²) in [5, 5.41) is 7.91. The molecule has 84 valence electrons. The monoisotopic (exact) mass is 207 g/mol. The Labute approximate surface area is 91.9 Å². The standard InChI is InChI=1S/C12H21N3/c1-3-8-15-12-7-5-4-6-11(13-2)10(12)9-14-15/h9,11,13H,3-8H2,1-2H3. The van der Waals surface area contributed by atoms with Crippen LogP contribution < -0.4 is 5.32 Å². The van der Waals surface area contributed by atoms with Crippen LogP contribution in [0.2, 0.25) is 0 Å². The Kier molecular flexibility index (Phi) is 3.41. The average molecular weight is 207 g/mol. The molecule has 0 saturated heterocycles. The lowest BCUT2D eigenvalue weighted by Crippen LogP contribution is -2.16. The van der Waals surface area contributed by atoms with Crippen LogP contribution in [-0.4, -0.2) is 16.8 Å². The molecule has 1 aromatic heterocycles. The molecule has 3 nitrogen and oxygen atoms in total. The molecular weight excluding hydrogens is 186 g/mol. The smallest absolute Gasteiger partial charge is 0.0540 e. The molecule has 1 aromatic rings.